The smallest absolute Gasteiger partial charge is 0.312 e. The van der Waals surface area contributed by atoms with Crippen LogP contribution in [0.5, 0.6) is 23.0 Å². The number of aliphatic hydroxyl groups is 2. The molecule has 4 aliphatic rings. The first kappa shape index (κ1) is 50.5. The van der Waals surface area contributed by atoms with Gasteiger partial charge in [0, 0.05) is 73.2 Å². The zero-order valence-corrected chi connectivity index (χ0v) is 40.3. The summed E-state index contributed by atoms with van der Waals surface area (Å²) in [6.45, 7) is 16.7. The first-order valence-electron chi connectivity index (χ1n) is 23.1. The lowest BCUT2D eigenvalue weighted by atomic mass is 9.78. The molecule has 15 heteroatoms. The van der Waals surface area contributed by atoms with Gasteiger partial charge < -0.3 is 49.8 Å². The Bertz CT molecular complexity index is 2450. The van der Waals surface area contributed by atoms with E-state index in [-0.39, 0.29) is 56.6 Å². The molecule has 2 unspecified atom stereocenters. The molecule has 1 saturated heterocycles. The summed E-state index contributed by atoms with van der Waals surface area (Å²) in [6.07, 6.45) is 7.51. The van der Waals surface area contributed by atoms with Crippen LogP contribution in [0.3, 0.4) is 0 Å². The van der Waals surface area contributed by atoms with Gasteiger partial charge in [0.15, 0.2) is 5.75 Å². The number of hydrogen-bond acceptors (Lipinski definition) is 14. The molecule has 15 nitrogen and oxygen atoms in total. The fourth-order valence-corrected chi connectivity index (χ4v) is 10.1. The molecule has 4 heterocycles. The van der Waals surface area contributed by atoms with E-state index in [0.29, 0.717) is 5.92 Å². The van der Waals surface area contributed by atoms with E-state index in [0.717, 1.165) is 19.3 Å². The minimum Gasteiger partial charge on any atom is -0.507 e. The van der Waals surface area contributed by atoms with E-state index in [1.165, 1.54) is 65.0 Å². The fourth-order valence-electron chi connectivity index (χ4n) is 10.1. The number of amides is 1. The minimum absolute atomic E-state index is 0.0328. The number of esters is 1. The van der Waals surface area contributed by atoms with Crippen molar-refractivity contribution in [1.29, 1.82) is 0 Å². The summed E-state index contributed by atoms with van der Waals surface area (Å²) in [5.74, 6) is -8.01. The molecular weight excluding hydrogens is 859 g/mol. The molecule has 1 fully saturated rings. The van der Waals surface area contributed by atoms with Gasteiger partial charge in [-0.2, -0.15) is 5.10 Å². The second-order valence-electron chi connectivity index (χ2n) is 19.0. The van der Waals surface area contributed by atoms with E-state index in [4.69, 9.17) is 24.0 Å². The van der Waals surface area contributed by atoms with Crippen molar-refractivity contribution in [3.8, 4) is 23.0 Å². The van der Waals surface area contributed by atoms with Crippen molar-refractivity contribution in [1.82, 2.24) is 5.01 Å². The number of fused-ring (bicyclic) bond motifs is 14. The summed E-state index contributed by atoms with van der Waals surface area (Å²) >= 11 is 0. The Labute approximate surface area is 392 Å². The van der Waals surface area contributed by atoms with Gasteiger partial charge >= 0.3 is 11.8 Å². The van der Waals surface area contributed by atoms with Gasteiger partial charge in [-0.1, -0.05) is 76.3 Å². The maximum Gasteiger partial charge on any atom is 0.312 e. The number of carbonyl (C=O) groups excluding carboxylic acids is 3. The highest BCUT2D eigenvalue weighted by Crippen LogP contribution is 2.55. The number of allylic oxidation sites excluding steroid dienone is 2. The molecular formula is C52H67N3O12. The Morgan fingerprint density at radius 1 is 0.910 bits per heavy atom. The number of nitrogens with one attached hydrogen (secondary N) is 1. The second kappa shape index (κ2) is 20.5. The number of piperidine rings is 1. The van der Waals surface area contributed by atoms with Crippen LogP contribution in [-0.4, -0.2) is 104 Å². The molecule has 3 aromatic rings. The zero-order chi connectivity index (χ0) is 49.2. The normalized spacial score (nSPS) is 32.6. The summed E-state index contributed by atoms with van der Waals surface area (Å²) in [5.41, 5.74) is 0.900. The van der Waals surface area contributed by atoms with Crippen molar-refractivity contribution >= 4 is 40.3 Å². The van der Waals surface area contributed by atoms with E-state index in [2.05, 4.69) is 31.3 Å². The number of nitrogens with zero attached hydrogens (tertiary/aromatic N) is 2. The number of aromatic hydroxyl groups is 3. The molecule has 4 aliphatic heterocycles. The highest BCUT2D eigenvalue weighted by molar-refractivity contribution is 6.23. The van der Waals surface area contributed by atoms with E-state index < -0.39 is 88.8 Å². The van der Waals surface area contributed by atoms with Crippen LogP contribution in [0.1, 0.15) is 102 Å². The average Bonchev–Trinajstić information content (AvgIpc) is 3.55. The van der Waals surface area contributed by atoms with Crippen LogP contribution in [-0.2, 0) is 30.2 Å². The number of ether oxygens (including phenoxy) is 4. The summed E-state index contributed by atoms with van der Waals surface area (Å²) in [4.78, 5) is 41.1. The van der Waals surface area contributed by atoms with Crippen molar-refractivity contribution in [2.24, 2.45) is 34.7 Å². The van der Waals surface area contributed by atoms with Gasteiger partial charge in [-0.25, -0.2) is 0 Å². The number of hydrogen-bond donors (Lipinski definition) is 6. The first-order valence-corrected chi connectivity index (χ1v) is 23.1. The monoisotopic (exact) mass is 925 g/mol. The van der Waals surface area contributed by atoms with Gasteiger partial charge in [0.1, 0.15) is 23.4 Å². The Kier molecular flexibility index (Phi) is 15.5. The van der Waals surface area contributed by atoms with E-state index in [9.17, 15) is 39.9 Å². The van der Waals surface area contributed by atoms with Crippen LogP contribution >= 0.6 is 0 Å². The number of Topliss-reactive ketones (excluding diaryl/α,β-unsaturated/α-hetero) is 1. The molecule has 7 rings (SSSR count). The molecule has 1 amide bonds. The van der Waals surface area contributed by atoms with E-state index in [1.54, 1.807) is 39.8 Å². The number of benzene rings is 3. The predicted molar refractivity (Wildman–Crippen MR) is 255 cm³/mol. The highest BCUT2D eigenvalue weighted by Gasteiger charge is 2.50. The van der Waals surface area contributed by atoms with Crippen molar-refractivity contribution in [2.75, 3.05) is 12.4 Å². The molecule has 0 spiro atoms. The summed E-state index contributed by atoms with van der Waals surface area (Å²) in [7, 11) is 1.44. The van der Waals surface area contributed by atoms with Crippen LogP contribution in [0.25, 0.3) is 10.8 Å². The lowest BCUT2D eigenvalue weighted by Gasteiger charge is -2.41. The Morgan fingerprint density at radius 3 is 2.19 bits per heavy atom. The second-order valence-corrected chi connectivity index (χ2v) is 19.0. The van der Waals surface area contributed by atoms with E-state index >= 15 is 0 Å². The third-order valence-corrected chi connectivity index (χ3v) is 14.0. The third-order valence-electron chi connectivity index (χ3n) is 14.0. The Balaban J connectivity index is 1.49. The van der Waals surface area contributed by atoms with Crippen molar-refractivity contribution in [2.45, 2.75) is 131 Å². The summed E-state index contributed by atoms with van der Waals surface area (Å²) in [5, 5.41) is 68.3. The number of carbonyl (C=O) groups is 3. The standard InChI is InChI=1S/C52H67N3O12/c1-26-16-15-17-27(2)51(63)54-42-37(25-53-55-28(3)22-36(23-29(55)4)24-35-18-13-12-14-19-35)46(60)39-40(47(42)61)45(59)33(8)49-41(39)50(62)52(10,67-49)65-21-20-38(64-11)30(5)48(66-34(9)56)32(7)44(58)31(6)43(26)57/h12-21,25-26,28-32,36,38,43-44,48,57-61H,22-24H2,1-11H3,(H,54,63)/b16-15+,21-20+,27-17-,53-25?/t26-,28?,29?,30-,31+,32-,36?,38-,43-,44+,48+,52-/m0/s1. The van der Waals surface area contributed by atoms with Gasteiger partial charge in [0.25, 0.3) is 11.7 Å². The minimum atomic E-state index is -2.06. The summed E-state index contributed by atoms with van der Waals surface area (Å²) < 4.78 is 23.8. The maximum absolute atomic E-state index is 14.6. The van der Waals surface area contributed by atoms with Crippen molar-refractivity contribution in [3.05, 3.63) is 88.7 Å². The Morgan fingerprint density at radius 2 is 1.57 bits per heavy atom. The van der Waals surface area contributed by atoms with Crippen LogP contribution in [0.4, 0.5) is 5.69 Å². The zero-order valence-electron chi connectivity index (χ0n) is 40.3. The molecule has 6 N–H and O–H groups in total. The quantitative estimate of drug-likeness (QED) is 0.0603. The number of phenols is 3. The van der Waals surface area contributed by atoms with Gasteiger partial charge in [0.2, 0.25) is 0 Å². The molecule has 0 aromatic heterocycles. The SMILES string of the molecule is CO[C@H]1/C=C/O[C@@]2(C)Oc3c(C)c(O)c4c(O)c(c(C=NN5C(C)CC(Cc6ccccc6)CC5C)c(O)c4c3C2=O)NC(=O)/C(C)=C\C=C\[C@H](C)[C@H](O)[C@@H](C)[C@@H](O)[C@H](C)[C@H](OC(C)=O)[C@H]1C. The van der Waals surface area contributed by atoms with Crippen LogP contribution in [0.2, 0.25) is 0 Å². The number of phenolic OH excluding ortho intramolecular Hbond substituents is 3. The fraction of sp³-hybridized carbons (Fsp3) is 0.500. The van der Waals surface area contributed by atoms with Crippen molar-refractivity contribution < 1.29 is 58.9 Å². The van der Waals surface area contributed by atoms with Crippen LogP contribution < -0.4 is 10.1 Å². The highest BCUT2D eigenvalue weighted by atomic mass is 16.7. The first-order chi connectivity index (χ1) is 31.6. The average molecular weight is 926 g/mol. The lowest BCUT2D eigenvalue weighted by Crippen LogP contribution is -2.46. The van der Waals surface area contributed by atoms with Gasteiger partial charge in [-0.3, -0.25) is 19.4 Å². The van der Waals surface area contributed by atoms with E-state index in [1.807, 2.05) is 23.2 Å². The molecule has 11 atom stereocenters. The molecule has 0 saturated carbocycles. The number of methoxy groups -OCH3 is 1. The predicted octanol–water partition coefficient (Wildman–Crippen LogP) is 7.82. The molecule has 5 bridgehead atoms. The van der Waals surface area contributed by atoms with Crippen molar-refractivity contribution in [3.63, 3.8) is 0 Å². The molecule has 362 valence electrons. The van der Waals surface area contributed by atoms with Gasteiger partial charge in [0.05, 0.1) is 53.0 Å². The molecule has 3 aromatic carbocycles. The molecule has 0 radical (unpaired) electrons. The number of aliphatic hydroxyl groups excluding tert-OH is 2. The van der Waals surface area contributed by atoms with Crippen LogP contribution in [0, 0.1) is 36.5 Å². The topological polar surface area (TPSA) is 217 Å². The number of rotatable bonds is 6. The lowest BCUT2D eigenvalue weighted by molar-refractivity contribution is -0.160. The third kappa shape index (κ3) is 10.2. The number of anilines is 1. The molecule has 67 heavy (non-hydrogen) atoms. The number of hydrazone groups is 1. The Hall–Kier alpha value is -5.90. The van der Waals surface area contributed by atoms with Gasteiger partial charge in [-0.05, 0) is 64.5 Å². The molecule has 0 aliphatic carbocycles. The summed E-state index contributed by atoms with van der Waals surface area (Å²) in [6, 6.07) is 10.2. The largest absolute Gasteiger partial charge is 0.507 e. The number of ketones is 1. The maximum atomic E-state index is 14.6. The van der Waals surface area contributed by atoms with Gasteiger partial charge in [-0.15, -0.1) is 0 Å². The van der Waals surface area contributed by atoms with Crippen LogP contribution in [0.15, 0.2) is 71.6 Å².